The van der Waals surface area contributed by atoms with Gasteiger partial charge in [-0.3, -0.25) is 4.57 Å². The Bertz CT molecular complexity index is 882. The predicted octanol–water partition coefficient (Wildman–Crippen LogP) is 4.24. The fraction of sp³-hybridized carbons (Fsp3) is 0. The average Bonchev–Trinajstić information content (AvgIpc) is 2.70. The number of rotatable bonds is 1. The van der Waals surface area contributed by atoms with Crippen LogP contribution in [0.15, 0.2) is 30.3 Å². The van der Waals surface area contributed by atoms with Crippen LogP contribution in [-0.4, -0.2) is 9.55 Å². The molecule has 20 heavy (non-hydrogen) atoms. The lowest BCUT2D eigenvalue weighted by molar-refractivity contribution is 0.508. The molecular weight excluding hydrogens is 292 g/mol. The molecule has 3 rings (SSSR count). The van der Waals surface area contributed by atoms with Gasteiger partial charge in [0.05, 0.1) is 11.2 Å². The van der Waals surface area contributed by atoms with Gasteiger partial charge in [-0.15, -0.1) is 0 Å². The summed E-state index contributed by atoms with van der Waals surface area (Å²) in [6.07, 6.45) is 0. The fourth-order valence-electron chi connectivity index (χ4n) is 2.01. The highest BCUT2D eigenvalue weighted by molar-refractivity contribution is 7.71. The zero-order valence-electron chi connectivity index (χ0n) is 9.75. The predicted molar refractivity (Wildman–Crippen MR) is 68.3 cm³/mol. The van der Waals surface area contributed by atoms with E-state index in [-0.39, 0.29) is 21.5 Å². The molecule has 3 aromatic rings. The van der Waals surface area contributed by atoms with Crippen molar-refractivity contribution in [3.05, 3.63) is 58.4 Å². The second-order valence-electron chi connectivity index (χ2n) is 4.15. The first-order valence-electron chi connectivity index (χ1n) is 5.52. The summed E-state index contributed by atoms with van der Waals surface area (Å²) in [5, 5.41) is 0. The Morgan fingerprint density at radius 1 is 0.900 bits per heavy atom. The number of imidazole rings is 1. The Labute approximate surface area is 115 Å². The summed E-state index contributed by atoms with van der Waals surface area (Å²) in [4.78, 5) is 2.58. The number of H-pyrrole nitrogens is 1. The standard InChI is InChI=1S/C13H6F4N2S/c14-6-3-10(17)12-11(4-6)19(13(20)18-12)7-1-2-8(15)9(16)5-7/h1-5H,(H,18,20). The van der Waals surface area contributed by atoms with Crippen LogP contribution in [0.5, 0.6) is 0 Å². The third-order valence-corrected chi connectivity index (χ3v) is 3.16. The molecule has 0 amide bonds. The minimum Gasteiger partial charge on any atom is -0.328 e. The van der Waals surface area contributed by atoms with Crippen molar-refractivity contribution < 1.29 is 17.6 Å². The second kappa shape index (κ2) is 4.45. The molecular formula is C13H6F4N2S. The molecule has 1 aromatic heterocycles. The van der Waals surface area contributed by atoms with Crippen LogP contribution in [0.3, 0.4) is 0 Å². The third-order valence-electron chi connectivity index (χ3n) is 2.87. The van der Waals surface area contributed by atoms with Crippen LogP contribution in [0.4, 0.5) is 17.6 Å². The highest BCUT2D eigenvalue weighted by Gasteiger charge is 2.13. The van der Waals surface area contributed by atoms with Gasteiger partial charge in [0, 0.05) is 18.2 Å². The molecule has 0 aliphatic heterocycles. The normalized spacial score (nSPS) is 11.2. The summed E-state index contributed by atoms with van der Waals surface area (Å²) >= 11 is 5.02. The molecule has 1 heterocycles. The maximum absolute atomic E-state index is 13.6. The molecule has 2 aromatic carbocycles. The third kappa shape index (κ3) is 1.90. The SMILES string of the molecule is Fc1cc(F)c2[nH]c(=S)n(-c3ccc(F)c(F)c3)c2c1. The number of aromatic nitrogens is 2. The number of benzene rings is 2. The van der Waals surface area contributed by atoms with E-state index in [0.717, 1.165) is 18.2 Å². The minimum absolute atomic E-state index is 0.00105. The van der Waals surface area contributed by atoms with Crippen molar-refractivity contribution in [2.75, 3.05) is 0 Å². The Hall–Kier alpha value is -2.15. The molecule has 0 spiro atoms. The van der Waals surface area contributed by atoms with E-state index in [1.807, 2.05) is 0 Å². The topological polar surface area (TPSA) is 20.7 Å². The van der Waals surface area contributed by atoms with E-state index in [4.69, 9.17) is 12.2 Å². The van der Waals surface area contributed by atoms with Crippen LogP contribution in [0.1, 0.15) is 0 Å². The molecule has 0 atom stereocenters. The summed E-state index contributed by atoms with van der Waals surface area (Å²) in [5.74, 6) is -3.69. The van der Waals surface area contributed by atoms with E-state index >= 15 is 0 Å². The first-order chi connectivity index (χ1) is 9.47. The van der Waals surface area contributed by atoms with Crippen LogP contribution in [0.25, 0.3) is 16.7 Å². The lowest BCUT2D eigenvalue weighted by Crippen LogP contribution is -1.97. The van der Waals surface area contributed by atoms with E-state index < -0.39 is 23.3 Å². The van der Waals surface area contributed by atoms with Crippen molar-refractivity contribution in [3.8, 4) is 5.69 Å². The lowest BCUT2D eigenvalue weighted by atomic mass is 10.2. The summed E-state index contributed by atoms with van der Waals surface area (Å²) in [6, 6.07) is 4.86. The molecule has 0 unspecified atom stereocenters. The van der Waals surface area contributed by atoms with Crippen molar-refractivity contribution >= 4 is 23.3 Å². The van der Waals surface area contributed by atoms with Gasteiger partial charge >= 0.3 is 0 Å². The maximum Gasteiger partial charge on any atom is 0.182 e. The Balaban J connectivity index is 2.38. The Morgan fingerprint density at radius 3 is 2.35 bits per heavy atom. The van der Waals surface area contributed by atoms with Crippen molar-refractivity contribution in [1.29, 1.82) is 0 Å². The molecule has 2 nitrogen and oxygen atoms in total. The van der Waals surface area contributed by atoms with Gasteiger partial charge in [0.2, 0.25) is 0 Å². The van der Waals surface area contributed by atoms with Gasteiger partial charge in [-0.2, -0.15) is 0 Å². The van der Waals surface area contributed by atoms with E-state index in [0.29, 0.717) is 6.07 Å². The lowest BCUT2D eigenvalue weighted by Gasteiger charge is -2.05. The fourth-order valence-corrected chi connectivity index (χ4v) is 2.32. The van der Waals surface area contributed by atoms with Gasteiger partial charge in [0.15, 0.2) is 22.2 Å². The average molecular weight is 298 g/mol. The minimum atomic E-state index is -1.07. The van der Waals surface area contributed by atoms with Gasteiger partial charge in [-0.1, -0.05) is 0 Å². The van der Waals surface area contributed by atoms with E-state index in [1.54, 1.807) is 0 Å². The molecule has 0 radical (unpaired) electrons. The van der Waals surface area contributed by atoms with Crippen molar-refractivity contribution in [3.63, 3.8) is 0 Å². The Morgan fingerprint density at radius 2 is 1.65 bits per heavy atom. The number of aromatic amines is 1. The molecule has 0 saturated carbocycles. The van der Waals surface area contributed by atoms with Crippen molar-refractivity contribution in [2.45, 2.75) is 0 Å². The number of fused-ring (bicyclic) bond motifs is 1. The van der Waals surface area contributed by atoms with Crippen molar-refractivity contribution in [2.24, 2.45) is 0 Å². The molecule has 7 heteroatoms. The van der Waals surface area contributed by atoms with Gasteiger partial charge in [-0.25, -0.2) is 17.6 Å². The number of nitrogens with zero attached hydrogens (tertiary/aromatic N) is 1. The Kier molecular flexibility index (Phi) is 2.86. The summed E-state index contributed by atoms with van der Waals surface area (Å²) in [7, 11) is 0. The summed E-state index contributed by atoms with van der Waals surface area (Å²) < 4.78 is 54.5. The van der Waals surface area contributed by atoms with Crippen LogP contribution >= 0.6 is 12.2 Å². The van der Waals surface area contributed by atoms with Gasteiger partial charge < -0.3 is 4.98 Å². The summed E-state index contributed by atoms with van der Waals surface area (Å²) in [6.45, 7) is 0. The molecule has 0 aliphatic carbocycles. The molecule has 0 bridgehead atoms. The molecule has 0 aliphatic rings. The number of nitrogens with one attached hydrogen (secondary N) is 1. The monoisotopic (exact) mass is 298 g/mol. The van der Waals surface area contributed by atoms with E-state index in [1.165, 1.54) is 10.6 Å². The van der Waals surface area contributed by atoms with E-state index in [2.05, 4.69) is 4.98 Å². The van der Waals surface area contributed by atoms with Crippen LogP contribution in [-0.2, 0) is 0 Å². The summed E-state index contributed by atoms with van der Waals surface area (Å²) in [5.41, 5.74) is 0.282. The zero-order valence-corrected chi connectivity index (χ0v) is 10.6. The molecule has 0 fully saturated rings. The molecule has 1 N–H and O–H groups in total. The van der Waals surface area contributed by atoms with Crippen LogP contribution < -0.4 is 0 Å². The van der Waals surface area contributed by atoms with Crippen LogP contribution in [0, 0.1) is 28.0 Å². The number of halogens is 4. The molecule has 0 saturated heterocycles. The number of hydrogen-bond donors (Lipinski definition) is 1. The van der Waals surface area contributed by atoms with Gasteiger partial charge in [-0.05, 0) is 24.4 Å². The molecule has 102 valence electrons. The maximum atomic E-state index is 13.6. The van der Waals surface area contributed by atoms with Crippen molar-refractivity contribution in [1.82, 2.24) is 9.55 Å². The largest absolute Gasteiger partial charge is 0.328 e. The first kappa shape index (κ1) is 12.9. The highest BCUT2D eigenvalue weighted by Crippen LogP contribution is 2.24. The van der Waals surface area contributed by atoms with Crippen LogP contribution in [0.2, 0.25) is 0 Å². The zero-order chi connectivity index (χ0) is 14.4. The van der Waals surface area contributed by atoms with Gasteiger partial charge in [0.1, 0.15) is 11.3 Å². The number of hydrogen-bond acceptors (Lipinski definition) is 1. The second-order valence-corrected chi connectivity index (χ2v) is 4.53. The van der Waals surface area contributed by atoms with E-state index in [9.17, 15) is 17.6 Å². The smallest absolute Gasteiger partial charge is 0.182 e. The first-order valence-corrected chi connectivity index (χ1v) is 5.93. The quantitative estimate of drug-likeness (QED) is 0.526. The highest BCUT2D eigenvalue weighted by atomic mass is 32.1. The van der Waals surface area contributed by atoms with Gasteiger partial charge in [0.25, 0.3) is 0 Å².